The number of thiazole rings is 1. The maximum absolute atomic E-state index is 4.61. The molecule has 4 rings (SSSR count). The average molecular weight is 508 g/mol. The molecular formula is C20H25IN6S. The maximum atomic E-state index is 4.61. The van der Waals surface area contributed by atoms with E-state index >= 15 is 0 Å². The first-order valence-corrected chi connectivity index (χ1v) is 13.7. The number of aromatic nitrogens is 1. The summed E-state index contributed by atoms with van der Waals surface area (Å²) in [5.41, 5.74) is 3.39. The number of benzene rings is 1. The van der Waals surface area contributed by atoms with Gasteiger partial charge in [-0.1, -0.05) is 34.7 Å². The highest BCUT2D eigenvalue weighted by molar-refractivity contribution is 14.2. The number of anilines is 3. The molecule has 0 aliphatic carbocycles. The summed E-state index contributed by atoms with van der Waals surface area (Å²) in [5, 5.41) is 11.0. The van der Waals surface area contributed by atoms with Gasteiger partial charge in [0.25, 0.3) is 0 Å². The van der Waals surface area contributed by atoms with E-state index in [9.17, 15) is 0 Å². The van der Waals surface area contributed by atoms with Gasteiger partial charge in [0, 0.05) is 54.3 Å². The molecule has 8 heteroatoms. The summed E-state index contributed by atoms with van der Waals surface area (Å²) in [6.07, 6.45) is 3.99. The lowest BCUT2D eigenvalue weighted by Crippen LogP contribution is -2.43. The van der Waals surface area contributed by atoms with E-state index in [1.54, 1.807) is 11.3 Å². The van der Waals surface area contributed by atoms with Gasteiger partial charge in [-0.25, -0.2) is 9.98 Å². The number of hydrogen-bond donors (Lipinski definition) is 3. The number of rotatable bonds is 4. The van der Waals surface area contributed by atoms with Gasteiger partial charge in [0.1, 0.15) is 0 Å². The predicted octanol–water partition coefficient (Wildman–Crippen LogP) is 3.36. The quantitative estimate of drug-likeness (QED) is 0.437. The topological polar surface area (TPSA) is 64.6 Å². The highest BCUT2D eigenvalue weighted by atomic mass is 127. The smallest absolute Gasteiger partial charge is 0.183 e. The third kappa shape index (κ3) is 4.08. The highest BCUT2D eigenvalue weighted by Gasteiger charge is 2.15. The first kappa shape index (κ1) is 19.4. The summed E-state index contributed by atoms with van der Waals surface area (Å²) in [4.78, 5) is 12.8. The predicted molar refractivity (Wildman–Crippen MR) is 133 cm³/mol. The van der Waals surface area contributed by atoms with Crippen molar-refractivity contribution in [2.24, 2.45) is 4.99 Å². The number of amidine groups is 1. The molecule has 1 aromatic carbocycles. The number of nitrogens with zero attached hydrogens (tertiary/aromatic N) is 3. The van der Waals surface area contributed by atoms with Crippen molar-refractivity contribution in [2.75, 3.05) is 48.8 Å². The Morgan fingerprint density at radius 2 is 1.96 bits per heavy atom. The van der Waals surface area contributed by atoms with Gasteiger partial charge in [-0.2, -0.15) is 0 Å². The van der Waals surface area contributed by atoms with Crippen LogP contribution in [0.15, 0.2) is 41.5 Å². The zero-order valence-corrected chi connectivity index (χ0v) is 19.1. The van der Waals surface area contributed by atoms with Gasteiger partial charge < -0.3 is 20.9 Å². The molecule has 6 nitrogen and oxygen atoms in total. The molecule has 0 radical (unpaired) electrons. The van der Waals surface area contributed by atoms with E-state index in [1.807, 2.05) is 13.2 Å². The van der Waals surface area contributed by atoms with Crippen LogP contribution in [0, 0.1) is 6.92 Å². The van der Waals surface area contributed by atoms with Crippen LogP contribution in [0.1, 0.15) is 10.6 Å². The minimum absolute atomic E-state index is 0.943. The van der Waals surface area contributed by atoms with Gasteiger partial charge in [0.15, 0.2) is 8.97 Å². The molecule has 0 atom stereocenters. The summed E-state index contributed by atoms with van der Waals surface area (Å²) < 4.78 is 6.83. The SMILES string of the molecule is C=I1=C(c2sc(NC)nc2C)C=CN=C1Nc1ccc(N2CCNCC2)cc1. The molecule has 1 fully saturated rings. The van der Waals surface area contributed by atoms with E-state index in [1.165, 1.54) is 14.1 Å². The number of halogens is 1. The van der Waals surface area contributed by atoms with Gasteiger partial charge >= 0.3 is 0 Å². The van der Waals surface area contributed by atoms with Crippen LogP contribution >= 0.6 is 30.2 Å². The molecule has 0 unspecified atom stereocenters. The number of nitrogens with one attached hydrogen (secondary N) is 3. The molecule has 28 heavy (non-hydrogen) atoms. The minimum atomic E-state index is -1.85. The molecule has 148 valence electrons. The van der Waals surface area contributed by atoms with Crippen LogP contribution in [0.3, 0.4) is 0 Å². The Morgan fingerprint density at radius 1 is 1.21 bits per heavy atom. The number of allylic oxidation sites excluding steroid dienone is 1. The lowest BCUT2D eigenvalue weighted by Gasteiger charge is -2.29. The summed E-state index contributed by atoms with van der Waals surface area (Å²) in [5.74, 6) is 0. The maximum Gasteiger partial charge on any atom is 0.183 e. The largest absolute Gasteiger partial charge is 0.369 e. The van der Waals surface area contributed by atoms with Crippen molar-refractivity contribution in [2.45, 2.75) is 6.92 Å². The molecule has 2 aliphatic heterocycles. The first-order chi connectivity index (χ1) is 13.7. The van der Waals surface area contributed by atoms with Crippen molar-refractivity contribution in [3.63, 3.8) is 0 Å². The zero-order valence-electron chi connectivity index (χ0n) is 16.1. The molecule has 2 aromatic rings. The highest BCUT2D eigenvalue weighted by Crippen LogP contribution is 2.31. The van der Waals surface area contributed by atoms with Gasteiger partial charge in [-0.15, -0.1) is 0 Å². The average Bonchev–Trinajstić information content (AvgIpc) is 3.11. The molecule has 0 saturated carbocycles. The van der Waals surface area contributed by atoms with Crippen LogP contribution in [0.25, 0.3) is 0 Å². The van der Waals surface area contributed by atoms with Crippen LogP contribution < -0.4 is 20.9 Å². The molecular weight excluding hydrogens is 483 g/mol. The van der Waals surface area contributed by atoms with Crippen molar-refractivity contribution in [3.05, 3.63) is 47.1 Å². The summed E-state index contributed by atoms with van der Waals surface area (Å²) >= 11 is -0.155. The van der Waals surface area contributed by atoms with Crippen LogP contribution in [0.2, 0.25) is 0 Å². The van der Waals surface area contributed by atoms with Gasteiger partial charge in [-0.05, 0) is 37.3 Å². The molecule has 3 N–H and O–H groups in total. The van der Waals surface area contributed by atoms with Crippen LogP contribution in [0.5, 0.6) is 0 Å². The second kappa shape index (κ2) is 8.62. The molecule has 3 heterocycles. The second-order valence-electron chi connectivity index (χ2n) is 6.54. The summed E-state index contributed by atoms with van der Waals surface area (Å²) in [6, 6.07) is 8.65. The van der Waals surface area contributed by atoms with Crippen molar-refractivity contribution in [1.29, 1.82) is 0 Å². The Kier molecular flexibility index (Phi) is 5.98. The minimum Gasteiger partial charge on any atom is -0.369 e. The molecule has 1 saturated heterocycles. The van der Waals surface area contributed by atoms with Crippen molar-refractivity contribution >= 4 is 58.6 Å². The van der Waals surface area contributed by atoms with Crippen LogP contribution in [0.4, 0.5) is 16.5 Å². The first-order valence-electron chi connectivity index (χ1n) is 9.24. The number of hydrogen-bond acceptors (Lipinski definition) is 7. The Labute approximate surface area is 176 Å². The third-order valence-electron chi connectivity index (χ3n) is 4.69. The lowest BCUT2D eigenvalue weighted by molar-refractivity contribution is 0.589. The normalized spacial score (nSPS) is 17.6. The van der Waals surface area contributed by atoms with Crippen LogP contribution in [-0.4, -0.2) is 50.1 Å². The molecule has 0 spiro atoms. The summed E-state index contributed by atoms with van der Waals surface area (Å²) in [7, 11) is 1.91. The second-order valence-corrected chi connectivity index (χ2v) is 11.8. The van der Waals surface area contributed by atoms with Crippen molar-refractivity contribution < 1.29 is 0 Å². The van der Waals surface area contributed by atoms with Crippen molar-refractivity contribution in [1.82, 2.24) is 10.3 Å². The van der Waals surface area contributed by atoms with Gasteiger partial charge in [0.05, 0.1) is 10.6 Å². The Balaban J connectivity index is 1.54. The Morgan fingerprint density at radius 3 is 2.64 bits per heavy atom. The fourth-order valence-electron chi connectivity index (χ4n) is 3.19. The summed E-state index contributed by atoms with van der Waals surface area (Å²) in [6.45, 7) is 6.26. The molecule has 0 bridgehead atoms. The van der Waals surface area contributed by atoms with Crippen LogP contribution in [-0.2, 0) is 0 Å². The van der Waals surface area contributed by atoms with Crippen molar-refractivity contribution in [3.8, 4) is 0 Å². The van der Waals surface area contributed by atoms with E-state index in [0.717, 1.165) is 46.5 Å². The molecule has 2 aliphatic rings. The van der Waals surface area contributed by atoms with Gasteiger partial charge in [-0.3, -0.25) is 0 Å². The molecule has 1 aromatic heterocycles. The number of piperazine rings is 1. The third-order valence-corrected chi connectivity index (χ3v) is 10.4. The van der Waals surface area contributed by atoms with E-state index in [2.05, 4.69) is 72.6 Å². The molecule has 0 amide bonds. The van der Waals surface area contributed by atoms with E-state index in [-0.39, 0.29) is 0 Å². The lowest BCUT2D eigenvalue weighted by atomic mass is 10.2. The monoisotopic (exact) mass is 508 g/mol. The Bertz CT molecular complexity index is 992. The zero-order chi connectivity index (χ0) is 19.5. The van der Waals surface area contributed by atoms with Gasteiger partial charge in [0.2, 0.25) is 0 Å². The fraction of sp³-hybridized carbons (Fsp3) is 0.300. The number of aryl methyl sites for hydroxylation is 1. The standard InChI is InChI=1S/C20H25IN6S/c1-14-18(28-20(22-3)25-14)17-8-9-24-19(21(17)2)26-15-4-6-16(7-5-15)27-12-10-23-11-13-27/h4-9,23H,2,10-13H2,1,3H3,(H,22,25)(H,24,26). The number of aliphatic imine (C=N–C) groups is 1. The Hall–Kier alpha value is -1.91. The van der Waals surface area contributed by atoms with E-state index < -0.39 is 18.9 Å². The fourth-order valence-corrected chi connectivity index (χ4v) is 8.24. The van der Waals surface area contributed by atoms with E-state index in [4.69, 9.17) is 0 Å². The van der Waals surface area contributed by atoms with E-state index in [0.29, 0.717) is 0 Å².